The van der Waals surface area contributed by atoms with E-state index in [9.17, 15) is 8.78 Å². The van der Waals surface area contributed by atoms with Crippen LogP contribution in [0.1, 0.15) is 101 Å². The maximum atomic E-state index is 15.2. The fourth-order valence-electron chi connectivity index (χ4n) is 6.71. The number of alkyl halides is 2. The van der Waals surface area contributed by atoms with Crippen molar-refractivity contribution < 1.29 is 13.2 Å². The highest BCUT2D eigenvalue weighted by Gasteiger charge is 2.31. The highest BCUT2D eigenvalue weighted by molar-refractivity contribution is 5.66. The zero-order valence-corrected chi connectivity index (χ0v) is 21.0. The van der Waals surface area contributed by atoms with E-state index in [0.717, 1.165) is 29.7 Å². The summed E-state index contributed by atoms with van der Waals surface area (Å²) in [6, 6.07) is 10.8. The minimum Gasteiger partial charge on any atom is -0.206 e. The van der Waals surface area contributed by atoms with Crippen LogP contribution in [0.5, 0.6) is 0 Å². The van der Waals surface area contributed by atoms with Gasteiger partial charge in [-0.1, -0.05) is 87.4 Å². The number of aryl methyl sites for hydroxylation is 2. The fourth-order valence-corrected chi connectivity index (χ4v) is 6.71. The molecule has 0 aliphatic heterocycles. The van der Waals surface area contributed by atoms with Gasteiger partial charge in [0.25, 0.3) is 6.43 Å². The van der Waals surface area contributed by atoms with Crippen LogP contribution in [0, 0.1) is 36.4 Å². The van der Waals surface area contributed by atoms with Crippen LogP contribution in [0.4, 0.5) is 13.2 Å². The second-order valence-electron chi connectivity index (χ2n) is 11.1. The molecule has 0 bridgehead atoms. The molecule has 0 radical (unpaired) electrons. The molecule has 186 valence electrons. The largest absolute Gasteiger partial charge is 0.266 e. The topological polar surface area (TPSA) is 0 Å². The SMILES string of the molecule is CCCC1CCC(C2CCC(CCc3ccc(-c4ccc(C)cc4)c(F)c3C(F)F)CC2)CC1. The van der Waals surface area contributed by atoms with Crippen molar-refractivity contribution >= 4 is 0 Å². The molecule has 0 spiro atoms. The van der Waals surface area contributed by atoms with E-state index in [2.05, 4.69) is 6.92 Å². The van der Waals surface area contributed by atoms with E-state index in [-0.39, 0.29) is 5.56 Å². The second kappa shape index (κ2) is 11.8. The van der Waals surface area contributed by atoms with Crippen LogP contribution in [-0.2, 0) is 6.42 Å². The van der Waals surface area contributed by atoms with E-state index in [1.165, 1.54) is 64.2 Å². The first-order chi connectivity index (χ1) is 16.5. The van der Waals surface area contributed by atoms with Gasteiger partial charge in [0.2, 0.25) is 0 Å². The van der Waals surface area contributed by atoms with Crippen molar-refractivity contribution in [2.45, 2.75) is 97.3 Å². The maximum Gasteiger partial charge on any atom is 0.266 e. The molecule has 0 unspecified atom stereocenters. The van der Waals surface area contributed by atoms with Crippen molar-refractivity contribution in [3.05, 3.63) is 58.9 Å². The third kappa shape index (κ3) is 6.07. The van der Waals surface area contributed by atoms with Gasteiger partial charge in [-0.3, -0.25) is 0 Å². The summed E-state index contributed by atoms with van der Waals surface area (Å²) in [5.41, 5.74) is 2.08. The average Bonchev–Trinajstić information content (AvgIpc) is 2.84. The molecule has 2 aromatic rings. The summed E-state index contributed by atoms with van der Waals surface area (Å²) in [7, 11) is 0. The van der Waals surface area contributed by atoms with Crippen LogP contribution in [0.3, 0.4) is 0 Å². The summed E-state index contributed by atoms with van der Waals surface area (Å²) < 4.78 is 43.0. The molecular formula is C31H41F3. The lowest BCUT2D eigenvalue weighted by molar-refractivity contribution is 0.139. The summed E-state index contributed by atoms with van der Waals surface area (Å²) in [6.07, 6.45) is 12.0. The predicted molar refractivity (Wildman–Crippen MR) is 136 cm³/mol. The van der Waals surface area contributed by atoms with Gasteiger partial charge in [0, 0.05) is 5.56 Å². The van der Waals surface area contributed by atoms with Gasteiger partial charge >= 0.3 is 0 Å². The van der Waals surface area contributed by atoms with Gasteiger partial charge in [-0.2, -0.15) is 0 Å². The summed E-state index contributed by atoms with van der Waals surface area (Å²) >= 11 is 0. The van der Waals surface area contributed by atoms with Crippen LogP contribution >= 0.6 is 0 Å². The molecule has 2 aromatic carbocycles. The Labute approximate surface area is 204 Å². The first-order valence-corrected chi connectivity index (χ1v) is 13.6. The van der Waals surface area contributed by atoms with Crippen LogP contribution in [-0.4, -0.2) is 0 Å². The van der Waals surface area contributed by atoms with Gasteiger partial charge in [-0.05, 0) is 80.2 Å². The van der Waals surface area contributed by atoms with Crippen molar-refractivity contribution in [2.75, 3.05) is 0 Å². The van der Waals surface area contributed by atoms with E-state index in [1.54, 1.807) is 24.3 Å². The molecule has 0 heterocycles. The molecule has 0 atom stereocenters. The molecule has 0 aromatic heterocycles. The first kappa shape index (κ1) is 25.3. The van der Waals surface area contributed by atoms with Crippen molar-refractivity contribution in [3.8, 4) is 11.1 Å². The molecule has 0 nitrogen and oxygen atoms in total. The Morgan fingerprint density at radius 2 is 1.32 bits per heavy atom. The molecule has 0 saturated heterocycles. The molecule has 2 aliphatic carbocycles. The third-order valence-corrected chi connectivity index (χ3v) is 8.82. The summed E-state index contributed by atoms with van der Waals surface area (Å²) in [6.45, 7) is 4.25. The third-order valence-electron chi connectivity index (χ3n) is 8.82. The number of benzene rings is 2. The predicted octanol–water partition coefficient (Wildman–Crippen LogP) is 10.1. The summed E-state index contributed by atoms with van der Waals surface area (Å²) in [4.78, 5) is 0. The van der Waals surface area contributed by atoms with E-state index < -0.39 is 17.8 Å². The Bertz CT molecular complexity index is 901. The fraction of sp³-hybridized carbons (Fsp3) is 0.613. The Morgan fingerprint density at radius 1 is 0.765 bits per heavy atom. The summed E-state index contributed by atoms with van der Waals surface area (Å²) in [5, 5.41) is 0. The molecule has 34 heavy (non-hydrogen) atoms. The normalized spacial score (nSPS) is 25.6. The lowest BCUT2D eigenvalue weighted by Crippen LogP contribution is -2.26. The quantitative estimate of drug-likeness (QED) is 0.360. The van der Waals surface area contributed by atoms with Crippen molar-refractivity contribution in [1.82, 2.24) is 0 Å². The van der Waals surface area contributed by atoms with Crippen molar-refractivity contribution in [1.29, 1.82) is 0 Å². The zero-order valence-electron chi connectivity index (χ0n) is 21.0. The van der Waals surface area contributed by atoms with Crippen molar-refractivity contribution in [3.63, 3.8) is 0 Å². The van der Waals surface area contributed by atoms with E-state index in [4.69, 9.17) is 0 Å². The first-order valence-electron chi connectivity index (χ1n) is 13.6. The molecule has 4 rings (SSSR count). The molecule has 2 saturated carbocycles. The van der Waals surface area contributed by atoms with Gasteiger partial charge in [0.1, 0.15) is 5.82 Å². The molecular weight excluding hydrogens is 429 g/mol. The Morgan fingerprint density at radius 3 is 1.85 bits per heavy atom. The number of hydrogen-bond donors (Lipinski definition) is 0. The van der Waals surface area contributed by atoms with Gasteiger partial charge in [-0.25, -0.2) is 13.2 Å². The van der Waals surface area contributed by atoms with Gasteiger partial charge in [0.05, 0.1) is 5.56 Å². The standard InChI is InChI=1S/C31H41F3/c1-3-4-22-7-14-24(15-8-22)25-16-9-23(10-17-25)11-18-27-19-20-28(30(32)29(27)31(33)34)26-12-5-21(2)6-13-26/h5-6,12-13,19-20,22-25,31H,3-4,7-11,14-18H2,1-2H3. The van der Waals surface area contributed by atoms with Gasteiger partial charge in [-0.15, -0.1) is 0 Å². The highest BCUT2D eigenvalue weighted by Crippen LogP contribution is 2.43. The van der Waals surface area contributed by atoms with Gasteiger partial charge < -0.3 is 0 Å². The van der Waals surface area contributed by atoms with Crippen LogP contribution in [0.2, 0.25) is 0 Å². The zero-order chi connectivity index (χ0) is 24.1. The second-order valence-corrected chi connectivity index (χ2v) is 11.1. The van der Waals surface area contributed by atoms with Crippen LogP contribution < -0.4 is 0 Å². The molecule has 0 N–H and O–H groups in total. The highest BCUT2D eigenvalue weighted by atomic mass is 19.3. The minimum absolute atomic E-state index is 0.271. The maximum absolute atomic E-state index is 15.2. The Hall–Kier alpha value is -1.77. The minimum atomic E-state index is -2.79. The molecule has 2 fully saturated rings. The molecule has 3 heteroatoms. The summed E-state index contributed by atoms with van der Waals surface area (Å²) in [5.74, 6) is 2.56. The van der Waals surface area contributed by atoms with E-state index in [0.29, 0.717) is 23.5 Å². The lowest BCUT2D eigenvalue weighted by atomic mass is 9.68. The number of rotatable bonds is 8. The smallest absolute Gasteiger partial charge is 0.206 e. The molecule has 2 aliphatic rings. The average molecular weight is 471 g/mol. The van der Waals surface area contributed by atoms with E-state index in [1.807, 2.05) is 19.1 Å². The van der Waals surface area contributed by atoms with Crippen LogP contribution in [0.25, 0.3) is 11.1 Å². The van der Waals surface area contributed by atoms with Crippen molar-refractivity contribution in [2.24, 2.45) is 23.7 Å². The monoisotopic (exact) mass is 470 g/mol. The molecule has 0 amide bonds. The van der Waals surface area contributed by atoms with Crippen LogP contribution in [0.15, 0.2) is 36.4 Å². The Kier molecular flexibility index (Phi) is 8.77. The van der Waals surface area contributed by atoms with E-state index >= 15 is 4.39 Å². The van der Waals surface area contributed by atoms with Gasteiger partial charge in [0.15, 0.2) is 0 Å². The lowest BCUT2D eigenvalue weighted by Gasteiger charge is -2.38. The number of hydrogen-bond acceptors (Lipinski definition) is 0. The Balaban J connectivity index is 1.33. The number of halogens is 3.